The van der Waals surface area contributed by atoms with Crippen molar-refractivity contribution in [3.8, 4) is 0 Å². The van der Waals surface area contributed by atoms with E-state index in [-0.39, 0.29) is 36.9 Å². The molecule has 0 aromatic rings. The second kappa shape index (κ2) is 19.6. The summed E-state index contributed by atoms with van der Waals surface area (Å²) in [5, 5.41) is 11.3. The Kier molecular flexibility index (Phi) is 17.1. The molecule has 0 unspecified atom stereocenters. The number of allylic oxidation sites excluding steroid dienone is 13. The standard InChI is InChI=1S/C39H54O6/c1-10-11-12-23-37(42)44-28-34(24-25-36-38(7,8)26-35(45-33(6)41)27-39(36,9)43)22-16-20-30(3)18-14-13-17-29(2)19-15-21-31(4)32(5)40/h13-22,24,35,43H,10-12,23,26-28H2,1-9H3/b14-13+,19-15+,20-16+,29-17+,30-18+,31-21+,34-22-/t25?,35-,39+/m1/s1. The molecule has 246 valence electrons. The highest BCUT2D eigenvalue weighted by molar-refractivity contribution is 5.92. The van der Waals surface area contributed by atoms with Crippen LogP contribution in [0, 0.1) is 5.41 Å². The van der Waals surface area contributed by atoms with Crippen molar-refractivity contribution in [3.63, 3.8) is 0 Å². The quantitative estimate of drug-likeness (QED) is 0.0649. The Hall–Kier alpha value is -3.73. The van der Waals surface area contributed by atoms with Gasteiger partial charge in [0.25, 0.3) is 0 Å². The summed E-state index contributed by atoms with van der Waals surface area (Å²) in [6, 6.07) is 0. The van der Waals surface area contributed by atoms with Crippen LogP contribution in [-0.4, -0.2) is 41.1 Å². The Bertz CT molecular complexity index is 1300. The molecule has 0 saturated heterocycles. The van der Waals surface area contributed by atoms with Crippen LogP contribution in [-0.2, 0) is 23.9 Å². The van der Waals surface area contributed by atoms with Gasteiger partial charge in [-0.05, 0) is 70.1 Å². The fraction of sp³-hybridized carbons (Fsp3) is 0.487. The molecule has 0 radical (unpaired) electrons. The average Bonchev–Trinajstić information content (AvgIpc) is 2.92. The minimum Gasteiger partial charge on any atom is -0.462 e. The molecule has 0 aliphatic heterocycles. The van der Waals surface area contributed by atoms with Gasteiger partial charge in [-0.25, -0.2) is 0 Å². The molecule has 0 aromatic heterocycles. The molecule has 1 aliphatic carbocycles. The highest BCUT2D eigenvalue weighted by Gasteiger charge is 2.46. The minimum absolute atomic E-state index is 0.0605. The van der Waals surface area contributed by atoms with Gasteiger partial charge in [-0.2, -0.15) is 0 Å². The van der Waals surface area contributed by atoms with Crippen molar-refractivity contribution < 1.29 is 29.0 Å². The molecule has 6 nitrogen and oxygen atoms in total. The van der Waals surface area contributed by atoms with Crippen LogP contribution in [0.3, 0.4) is 0 Å². The van der Waals surface area contributed by atoms with Crippen LogP contribution in [0.1, 0.15) is 101 Å². The average molecular weight is 619 g/mol. The molecule has 1 aliphatic rings. The molecular weight excluding hydrogens is 564 g/mol. The molecule has 2 atom stereocenters. The van der Waals surface area contributed by atoms with Crippen LogP contribution in [0.15, 0.2) is 100 Å². The van der Waals surface area contributed by atoms with Gasteiger partial charge in [0.2, 0.25) is 0 Å². The largest absolute Gasteiger partial charge is 0.462 e. The number of carbonyl (C=O) groups is 3. The maximum atomic E-state index is 12.3. The van der Waals surface area contributed by atoms with E-state index in [2.05, 4.69) is 12.7 Å². The molecule has 0 amide bonds. The Morgan fingerprint density at radius 2 is 1.47 bits per heavy atom. The van der Waals surface area contributed by atoms with Crippen molar-refractivity contribution in [2.75, 3.05) is 6.61 Å². The number of esters is 2. The van der Waals surface area contributed by atoms with E-state index in [9.17, 15) is 19.5 Å². The maximum Gasteiger partial charge on any atom is 0.306 e. The smallest absolute Gasteiger partial charge is 0.306 e. The maximum absolute atomic E-state index is 12.3. The lowest BCUT2D eigenvalue weighted by molar-refractivity contribution is -0.152. The number of ether oxygens (including phenoxy) is 2. The van der Waals surface area contributed by atoms with Crippen LogP contribution in [0.2, 0.25) is 0 Å². The predicted molar refractivity (Wildman–Crippen MR) is 183 cm³/mol. The summed E-state index contributed by atoms with van der Waals surface area (Å²) in [7, 11) is 0. The lowest BCUT2D eigenvalue weighted by Crippen LogP contribution is -2.46. The predicted octanol–water partition coefficient (Wildman–Crippen LogP) is 8.72. The lowest BCUT2D eigenvalue weighted by atomic mass is 9.65. The summed E-state index contributed by atoms with van der Waals surface area (Å²) >= 11 is 0. The van der Waals surface area contributed by atoms with Crippen LogP contribution in [0.25, 0.3) is 0 Å². The number of carbonyl (C=O) groups excluding carboxylic acids is 3. The summed E-state index contributed by atoms with van der Waals surface area (Å²) in [4.78, 5) is 35.2. The minimum atomic E-state index is -1.21. The second-order valence-electron chi connectivity index (χ2n) is 12.7. The van der Waals surface area contributed by atoms with Crippen molar-refractivity contribution in [3.05, 3.63) is 100 Å². The van der Waals surface area contributed by atoms with E-state index in [4.69, 9.17) is 9.47 Å². The molecule has 0 aromatic carbocycles. The van der Waals surface area contributed by atoms with E-state index in [1.807, 2.05) is 82.4 Å². The van der Waals surface area contributed by atoms with Gasteiger partial charge in [0.1, 0.15) is 12.7 Å². The number of ketones is 1. The molecule has 6 heteroatoms. The van der Waals surface area contributed by atoms with E-state index in [0.29, 0.717) is 24.0 Å². The molecule has 1 fully saturated rings. The first-order valence-corrected chi connectivity index (χ1v) is 15.8. The Labute approximate surface area is 271 Å². The first kappa shape index (κ1) is 39.3. The summed E-state index contributed by atoms with van der Waals surface area (Å²) in [6.45, 7) is 16.6. The summed E-state index contributed by atoms with van der Waals surface area (Å²) < 4.78 is 11.0. The van der Waals surface area contributed by atoms with Gasteiger partial charge in [0, 0.05) is 25.3 Å². The van der Waals surface area contributed by atoms with E-state index in [0.717, 1.165) is 36.0 Å². The molecule has 0 heterocycles. The number of rotatable bonds is 15. The fourth-order valence-electron chi connectivity index (χ4n) is 5.06. The van der Waals surface area contributed by atoms with Gasteiger partial charge < -0.3 is 14.6 Å². The molecule has 1 saturated carbocycles. The number of hydrogen-bond acceptors (Lipinski definition) is 6. The van der Waals surface area contributed by atoms with E-state index < -0.39 is 11.0 Å². The normalized spacial score (nSPS) is 21.4. The molecule has 1 rings (SSSR count). The van der Waals surface area contributed by atoms with Crippen LogP contribution in [0.5, 0.6) is 0 Å². The van der Waals surface area contributed by atoms with Gasteiger partial charge in [0.05, 0.1) is 5.60 Å². The Morgan fingerprint density at radius 1 is 0.867 bits per heavy atom. The zero-order valence-corrected chi connectivity index (χ0v) is 28.9. The summed E-state index contributed by atoms with van der Waals surface area (Å²) in [6.07, 6.45) is 24.7. The number of unbranched alkanes of at least 4 members (excludes halogenated alkanes) is 2. The zero-order chi connectivity index (χ0) is 34.0. The molecular formula is C39H54O6. The van der Waals surface area contributed by atoms with Gasteiger partial charge in [-0.15, -0.1) is 5.73 Å². The number of hydrogen-bond donors (Lipinski definition) is 1. The van der Waals surface area contributed by atoms with Crippen molar-refractivity contribution in [1.29, 1.82) is 0 Å². The van der Waals surface area contributed by atoms with Gasteiger partial charge >= 0.3 is 11.9 Å². The third kappa shape index (κ3) is 16.2. The summed E-state index contributed by atoms with van der Waals surface area (Å²) in [5.41, 5.74) is 5.89. The highest BCUT2D eigenvalue weighted by atomic mass is 16.5. The van der Waals surface area contributed by atoms with Crippen LogP contribution >= 0.6 is 0 Å². The molecule has 0 spiro atoms. The van der Waals surface area contributed by atoms with Crippen molar-refractivity contribution in [2.45, 2.75) is 113 Å². The lowest BCUT2D eigenvalue weighted by Gasteiger charge is -2.44. The second-order valence-corrected chi connectivity index (χ2v) is 12.7. The van der Waals surface area contributed by atoms with Crippen molar-refractivity contribution in [2.24, 2.45) is 5.41 Å². The summed E-state index contributed by atoms with van der Waals surface area (Å²) in [5.74, 6) is -0.538. The monoisotopic (exact) mass is 618 g/mol. The molecule has 0 bridgehead atoms. The SMILES string of the molecule is CCCCCC(=O)OC\C(C=C=C1C(C)(C)C[C@@H](OC(C)=O)C[C@]1(C)O)=C/C=C/C(C)=C/C=C/C=C(C)/C=C/C=C(\C)C(C)=O. The van der Waals surface area contributed by atoms with E-state index in [1.165, 1.54) is 6.92 Å². The first-order chi connectivity index (χ1) is 21.1. The molecule has 45 heavy (non-hydrogen) atoms. The Balaban J connectivity index is 3.18. The van der Waals surface area contributed by atoms with Crippen LogP contribution in [0.4, 0.5) is 0 Å². The van der Waals surface area contributed by atoms with Crippen molar-refractivity contribution in [1.82, 2.24) is 0 Å². The van der Waals surface area contributed by atoms with Crippen molar-refractivity contribution >= 4 is 17.7 Å². The highest BCUT2D eigenvalue weighted by Crippen LogP contribution is 2.46. The van der Waals surface area contributed by atoms with Gasteiger partial charge in [0.15, 0.2) is 5.78 Å². The third-order valence-corrected chi connectivity index (χ3v) is 7.46. The third-order valence-electron chi connectivity index (χ3n) is 7.46. The van der Waals surface area contributed by atoms with Gasteiger partial charge in [-0.3, -0.25) is 14.4 Å². The molecule has 1 N–H and O–H groups in total. The van der Waals surface area contributed by atoms with Crippen LogP contribution < -0.4 is 0 Å². The number of Topliss-reactive ketones (excluding diaryl/α,β-unsaturated/α-hetero) is 1. The van der Waals surface area contributed by atoms with E-state index in [1.54, 1.807) is 32.9 Å². The fourth-order valence-corrected chi connectivity index (χ4v) is 5.06. The van der Waals surface area contributed by atoms with Gasteiger partial charge in [-0.1, -0.05) is 106 Å². The van der Waals surface area contributed by atoms with E-state index >= 15 is 0 Å². The Morgan fingerprint density at radius 3 is 2.00 bits per heavy atom. The zero-order valence-electron chi connectivity index (χ0n) is 28.9. The first-order valence-electron chi connectivity index (χ1n) is 15.8. The number of aliphatic hydroxyl groups is 1. The topological polar surface area (TPSA) is 89.9 Å².